The van der Waals surface area contributed by atoms with Crippen molar-refractivity contribution in [2.45, 2.75) is 31.3 Å². The van der Waals surface area contributed by atoms with Crippen LogP contribution in [0.5, 0.6) is 5.75 Å². The van der Waals surface area contributed by atoms with Crippen molar-refractivity contribution in [3.05, 3.63) is 60.2 Å². The van der Waals surface area contributed by atoms with Gasteiger partial charge in [-0.15, -0.1) is 0 Å². The summed E-state index contributed by atoms with van der Waals surface area (Å²) in [5.74, 6) is 0.0367. The van der Waals surface area contributed by atoms with Crippen LogP contribution in [-0.4, -0.2) is 52.5 Å². The van der Waals surface area contributed by atoms with Crippen LogP contribution in [-0.2, 0) is 25.0 Å². The number of hydrogen-bond donors (Lipinski definition) is 1. The number of nitrogens with one attached hydrogen (secondary N) is 1. The summed E-state index contributed by atoms with van der Waals surface area (Å²) in [6, 6.07) is 17.1. The lowest BCUT2D eigenvalue weighted by molar-refractivity contribution is -0.128. The maximum absolute atomic E-state index is 13.1. The number of ether oxygens (including phenoxy) is 2. The van der Waals surface area contributed by atoms with E-state index in [0.29, 0.717) is 31.2 Å². The van der Waals surface area contributed by atoms with Gasteiger partial charge in [0, 0.05) is 25.2 Å². The maximum Gasteiger partial charge on any atom is 0.263 e. The first-order valence-electron chi connectivity index (χ1n) is 10.6. The quantitative estimate of drug-likeness (QED) is 0.740. The molecule has 0 aliphatic carbocycles. The predicted octanol–water partition coefficient (Wildman–Crippen LogP) is 2.47. The van der Waals surface area contributed by atoms with E-state index < -0.39 is 16.1 Å². The van der Waals surface area contributed by atoms with Crippen LogP contribution in [0.25, 0.3) is 0 Å². The Morgan fingerprint density at radius 3 is 2.48 bits per heavy atom. The fourth-order valence-electron chi connectivity index (χ4n) is 4.25. The number of carbonyl (C=O) groups is 1. The molecule has 2 aliphatic heterocycles. The minimum atomic E-state index is -3.53. The Morgan fingerprint density at radius 1 is 1.10 bits per heavy atom. The summed E-state index contributed by atoms with van der Waals surface area (Å²) < 4.78 is 38.1. The standard InChI is InChI=1S/C23H28N2O5S/c1-2-31(27,28)25-16-21(30-20-11-7-6-10-19(20)25)22(26)24-17-23(12-14-29-15-13-23)18-8-4-3-5-9-18/h3-11,21H,2,12-17H2,1H3,(H,24,26)/t21-/m1/s1. The molecule has 1 N–H and O–H groups in total. The molecule has 2 heterocycles. The molecule has 2 aromatic rings. The van der Waals surface area contributed by atoms with Crippen molar-refractivity contribution in [1.82, 2.24) is 5.32 Å². The van der Waals surface area contributed by atoms with Crippen molar-refractivity contribution in [3.8, 4) is 5.75 Å². The number of carbonyl (C=O) groups excluding carboxylic acids is 1. The number of amides is 1. The molecule has 1 fully saturated rings. The van der Waals surface area contributed by atoms with Crippen molar-refractivity contribution in [2.24, 2.45) is 0 Å². The van der Waals surface area contributed by atoms with Crippen LogP contribution >= 0.6 is 0 Å². The molecule has 0 bridgehead atoms. The van der Waals surface area contributed by atoms with Crippen LogP contribution in [0.4, 0.5) is 5.69 Å². The highest BCUT2D eigenvalue weighted by Gasteiger charge is 2.38. The largest absolute Gasteiger partial charge is 0.476 e. The zero-order chi connectivity index (χ0) is 21.9. The first kappa shape index (κ1) is 21.6. The Morgan fingerprint density at radius 2 is 1.77 bits per heavy atom. The van der Waals surface area contributed by atoms with Gasteiger partial charge in [-0.05, 0) is 37.5 Å². The smallest absolute Gasteiger partial charge is 0.263 e. The molecule has 31 heavy (non-hydrogen) atoms. The zero-order valence-corrected chi connectivity index (χ0v) is 18.4. The van der Waals surface area contributed by atoms with Crippen LogP contribution in [0, 0.1) is 0 Å². The molecule has 166 valence electrons. The minimum absolute atomic E-state index is 0.0412. The zero-order valence-electron chi connectivity index (χ0n) is 17.6. The van der Waals surface area contributed by atoms with Crippen LogP contribution in [0.1, 0.15) is 25.3 Å². The van der Waals surface area contributed by atoms with Crippen LogP contribution in [0.15, 0.2) is 54.6 Å². The van der Waals surface area contributed by atoms with Gasteiger partial charge in [0.15, 0.2) is 6.10 Å². The number of nitrogens with zero attached hydrogens (tertiary/aromatic N) is 1. The second-order valence-electron chi connectivity index (χ2n) is 7.98. The van der Waals surface area contributed by atoms with Crippen LogP contribution in [0.3, 0.4) is 0 Å². The molecule has 1 atom stereocenters. The minimum Gasteiger partial charge on any atom is -0.476 e. The number of hydrogen-bond acceptors (Lipinski definition) is 5. The topological polar surface area (TPSA) is 84.9 Å². The summed E-state index contributed by atoms with van der Waals surface area (Å²) in [7, 11) is -3.53. The van der Waals surface area contributed by atoms with Gasteiger partial charge >= 0.3 is 0 Å². The van der Waals surface area contributed by atoms with Gasteiger partial charge in [-0.3, -0.25) is 9.10 Å². The normalized spacial score (nSPS) is 20.4. The highest BCUT2D eigenvalue weighted by molar-refractivity contribution is 7.92. The van der Waals surface area contributed by atoms with Gasteiger partial charge in [0.2, 0.25) is 10.0 Å². The SMILES string of the molecule is CCS(=O)(=O)N1C[C@H](C(=O)NCC2(c3ccccc3)CCOCC2)Oc2ccccc21. The van der Waals surface area contributed by atoms with E-state index in [-0.39, 0.29) is 23.6 Å². The van der Waals surface area contributed by atoms with E-state index in [1.54, 1.807) is 31.2 Å². The molecular formula is C23H28N2O5S. The molecule has 0 spiro atoms. The average molecular weight is 445 g/mol. The lowest BCUT2D eigenvalue weighted by Gasteiger charge is -2.39. The summed E-state index contributed by atoms with van der Waals surface area (Å²) in [5, 5.41) is 3.04. The third-order valence-electron chi connectivity index (χ3n) is 6.16. The van der Waals surface area contributed by atoms with E-state index in [2.05, 4.69) is 17.4 Å². The van der Waals surface area contributed by atoms with Crippen molar-refractivity contribution in [1.29, 1.82) is 0 Å². The monoisotopic (exact) mass is 444 g/mol. The van der Waals surface area contributed by atoms with E-state index in [1.807, 2.05) is 18.2 Å². The van der Waals surface area contributed by atoms with E-state index in [4.69, 9.17) is 9.47 Å². The number of fused-ring (bicyclic) bond motifs is 1. The van der Waals surface area contributed by atoms with Crippen LogP contribution in [0.2, 0.25) is 0 Å². The second kappa shape index (κ2) is 8.88. The van der Waals surface area contributed by atoms with Gasteiger partial charge in [-0.25, -0.2) is 8.42 Å². The van der Waals surface area contributed by atoms with E-state index in [0.717, 1.165) is 12.8 Å². The lowest BCUT2D eigenvalue weighted by Crippen LogP contribution is -2.53. The summed E-state index contributed by atoms with van der Waals surface area (Å²) in [6.45, 7) is 3.28. The Labute approximate surface area is 183 Å². The van der Waals surface area contributed by atoms with Crippen molar-refractivity contribution < 1.29 is 22.7 Å². The Kier molecular flexibility index (Phi) is 6.20. The number of para-hydroxylation sites is 2. The summed E-state index contributed by atoms with van der Waals surface area (Å²) in [6.07, 6.45) is 0.702. The number of benzene rings is 2. The van der Waals surface area contributed by atoms with E-state index in [1.165, 1.54) is 9.87 Å². The summed E-state index contributed by atoms with van der Waals surface area (Å²) in [5.41, 5.74) is 1.43. The number of rotatable bonds is 6. The Balaban J connectivity index is 1.53. The highest BCUT2D eigenvalue weighted by atomic mass is 32.2. The fraction of sp³-hybridized carbons (Fsp3) is 0.435. The lowest BCUT2D eigenvalue weighted by atomic mass is 9.74. The van der Waals surface area contributed by atoms with E-state index >= 15 is 0 Å². The second-order valence-corrected chi connectivity index (χ2v) is 10.2. The van der Waals surface area contributed by atoms with Crippen LogP contribution < -0.4 is 14.4 Å². The average Bonchev–Trinajstić information content (AvgIpc) is 2.83. The molecule has 1 saturated heterocycles. The molecule has 7 nitrogen and oxygen atoms in total. The third kappa shape index (κ3) is 4.41. The Hall–Kier alpha value is -2.58. The summed E-state index contributed by atoms with van der Waals surface area (Å²) >= 11 is 0. The molecule has 4 rings (SSSR count). The van der Waals surface area contributed by atoms with Crippen molar-refractivity contribution in [3.63, 3.8) is 0 Å². The molecule has 2 aliphatic rings. The van der Waals surface area contributed by atoms with Gasteiger partial charge in [-0.1, -0.05) is 42.5 Å². The molecule has 0 aromatic heterocycles. The molecule has 2 aromatic carbocycles. The van der Waals surface area contributed by atoms with Gasteiger partial charge < -0.3 is 14.8 Å². The molecule has 1 amide bonds. The molecular weight excluding hydrogens is 416 g/mol. The van der Waals surface area contributed by atoms with Crippen molar-refractivity contribution in [2.75, 3.05) is 36.4 Å². The first-order chi connectivity index (χ1) is 15.0. The highest BCUT2D eigenvalue weighted by Crippen LogP contribution is 2.36. The van der Waals surface area contributed by atoms with Gasteiger partial charge in [0.1, 0.15) is 5.75 Å². The third-order valence-corrected chi connectivity index (χ3v) is 7.91. The maximum atomic E-state index is 13.1. The predicted molar refractivity (Wildman–Crippen MR) is 119 cm³/mol. The molecule has 0 saturated carbocycles. The summed E-state index contributed by atoms with van der Waals surface area (Å²) in [4.78, 5) is 13.1. The van der Waals surface area contributed by atoms with Gasteiger partial charge in [-0.2, -0.15) is 0 Å². The molecule has 0 unspecified atom stereocenters. The molecule has 8 heteroatoms. The first-order valence-corrected chi connectivity index (χ1v) is 12.2. The Bertz CT molecular complexity index is 1020. The number of anilines is 1. The fourth-order valence-corrected chi connectivity index (χ4v) is 5.37. The molecule has 0 radical (unpaired) electrons. The van der Waals surface area contributed by atoms with Crippen molar-refractivity contribution >= 4 is 21.6 Å². The van der Waals surface area contributed by atoms with Gasteiger partial charge in [0.05, 0.1) is 18.0 Å². The van der Waals surface area contributed by atoms with Gasteiger partial charge in [0.25, 0.3) is 5.91 Å². The van der Waals surface area contributed by atoms with E-state index in [9.17, 15) is 13.2 Å². The number of sulfonamides is 1.